The van der Waals surface area contributed by atoms with Gasteiger partial charge in [-0.1, -0.05) is 0 Å². The molecule has 1 aromatic rings. The lowest BCUT2D eigenvalue weighted by Crippen LogP contribution is -2.36. The van der Waals surface area contributed by atoms with Gasteiger partial charge in [0.2, 0.25) is 0 Å². The third-order valence-corrected chi connectivity index (χ3v) is 2.58. The molecular formula is C10H16BrN3O2. The fourth-order valence-corrected chi connectivity index (χ4v) is 1.67. The summed E-state index contributed by atoms with van der Waals surface area (Å²) in [4.78, 5) is 11.5. The number of carbonyl (C=O) groups excluding carboxylic acids is 1. The molecule has 6 heteroatoms. The highest BCUT2D eigenvalue weighted by atomic mass is 79.9. The number of halogens is 1. The second kappa shape index (κ2) is 6.65. The number of rotatable bonds is 6. The number of aryl methyl sites for hydroxylation is 1. The van der Waals surface area contributed by atoms with E-state index >= 15 is 0 Å². The molecule has 1 rings (SSSR count). The molecule has 0 bridgehead atoms. The Hall–Kier alpha value is -0.880. The molecule has 1 unspecified atom stereocenters. The molecule has 0 spiro atoms. The lowest BCUT2D eigenvalue weighted by Gasteiger charge is -2.14. The van der Waals surface area contributed by atoms with Crippen molar-refractivity contribution in [2.45, 2.75) is 25.9 Å². The summed E-state index contributed by atoms with van der Waals surface area (Å²) in [5, 5.41) is 7.05. The molecule has 1 atom stereocenters. The van der Waals surface area contributed by atoms with Crippen LogP contribution < -0.4 is 5.32 Å². The number of likely N-dealkylation sites (N-methyl/N-ethyl adjacent to an activating group) is 1. The molecular weight excluding hydrogens is 274 g/mol. The first-order valence-electron chi connectivity index (χ1n) is 5.19. The van der Waals surface area contributed by atoms with Crippen LogP contribution in [-0.4, -0.2) is 35.4 Å². The van der Waals surface area contributed by atoms with Gasteiger partial charge in [-0.3, -0.25) is 9.48 Å². The minimum atomic E-state index is -0.275. The maximum absolute atomic E-state index is 11.5. The van der Waals surface area contributed by atoms with E-state index in [0.29, 0.717) is 19.6 Å². The van der Waals surface area contributed by atoms with Gasteiger partial charge in [0, 0.05) is 12.7 Å². The second-order valence-electron chi connectivity index (χ2n) is 3.30. The summed E-state index contributed by atoms with van der Waals surface area (Å²) in [5.41, 5.74) is 0. The number of aromatic nitrogens is 2. The normalized spacial score (nSPS) is 12.4. The van der Waals surface area contributed by atoms with Gasteiger partial charge in [-0.15, -0.1) is 0 Å². The van der Waals surface area contributed by atoms with Gasteiger partial charge in [-0.05, 0) is 36.3 Å². The average molecular weight is 290 g/mol. The Morgan fingerprint density at radius 3 is 3.00 bits per heavy atom. The first kappa shape index (κ1) is 13.2. The summed E-state index contributed by atoms with van der Waals surface area (Å²) in [5.74, 6) is -0.212. The summed E-state index contributed by atoms with van der Waals surface area (Å²) >= 11 is 3.32. The Morgan fingerprint density at radius 1 is 1.75 bits per heavy atom. The maximum atomic E-state index is 11.5. The van der Waals surface area contributed by atoms with Crippen LogP contribution in [0.2, 0.25) is 0 Å². The van der Waals surface area contributed by atoms with E-state index in [4.69, 9.17) is 4.74 Å². The van der Waals surface area contributed by atoms with Gasteiger partial charge in [0.05, 0.1) is 17.3 Å². The molecule has 0 aliphatic heterocycles. The Morgan fingerprint density at radius 2 is 2.50 bits per heavy atom. The lowest BCUT2D eigenvalue weighted by molar-refractivity contribution is -0.145. The van der Waals surface area contributed by atoms with Crippen LogP contribution in [0, 0.1) is 0 Å². The van der Waals surface area contributed by atoms with Gasteiger partial charge in [0.15, 0.2) is 0 Å². The van der Waals surface area contributed by atoms with E-state index in [2.05, 4.69) is 26.3 Å². The number of carbonyl (C=O) groups is 1. The fourth-order valence-electron chi connectivity index (χ4n) is 1.34. The van der Waals surface area contributed by atoms with Crippen LogP contribution in [0.4, 0.5) is 0 Å². The Balaban J connectivity index is 2.42. The number of hydrogen-bond acceptors (Lipinski definition) is 4. The zero-order chi connectivity index (χ0) is 12.0. The quantitative estimate of drug-likeness (QED) is 0.800. The molecule has 0 radical (unpaired) electrons. The van der Waals surface area contributed by atoms with E-state index in [9.17, 15) is 4.79 Å². The number of hydrogen-bond donors (Lipinski definition) is 1. The molecule has 0 fully saturated rings. The van der Waals surface area contributed by atoms with Gasteiger partial charge in [-0.2, -0.15) is 5.10 Å². The molecule has 1 aromatic heterocycles. The van der Waals surface area contributed by atoms with Crippen LogP contribution in [0.25, 0.3) is 0 Å². The van der Waals surface area contributed by atoms with Crippen LogP contribution in [0.1, 0.15) is 13.3 Å². The first-order chi connectivity index (χ1) is 7.67. The van der Waals surface area contributed by atoms with Gasteiger partial charge in [-0.25, -0.2) is 0 Å². The third-order valence-electron chi connectivity index (χ3n) is 2.17. The summed E-state index contributed by atoms with van der Waals surface area (Å²) < 4.78 is 7.67. The van der Waals surface area contributed by atoms with E-state index in [1.165, 1.54) is 0 Å². The van der Waals surface area contributed by atoms with Crippen molar-refractivity contribution in [2.75, 3.05) is 13.7 Å². The molecule has 90 valence electrons. The van der Waals surface area contributed by atoms with E-state index in [1.54, 1.807) is 24.9 Å². The predicted molar refractivity (Wildman–Crippen MR) is 64.0 cm³/mol. The molecule has 0 aliphatic carbocycles. The fraction of sp³-hybridized carbons (Fsp3) is 0.600. The standard InChI is InChI=1S/C10H16BrN3O2/c1-3-16-10(15)9(12-2)4-5-14-7-8(11)6-13-14/h6-7,9,12H,3-5H2,1-2H3. The van der Waals surface area contributed by atoms with E-state index in [1.807, 2.05) is 6.20 Å². The summed E-state index contributed by atoms with van der Waals surface area (Å²) in [6.07, 6.45) is 4.25. The highest BCUT2D eigenvalue weighted by molar-refractivity contribution is 9.10. The smallest absolute Gasteiger partial charge is 0.323 e. The van der Waals surface area contributed by atoms with Crippen molar-refractivity contribution in [2.24, 2.45) is 0 Å². The minimum absolute atomic E-state index is 0.212. The van der Waals surface area contributed by atoms with Gasteiger partial charge < -0.3 is 10.1 Å². The van der Waals surface area contributed by atoms with Gasteiger partial charge in [0.1, 0.15) is 6.04 Å². The molecule has 0 saturated carbocycles. The molecule has 0 aromatic carbocycles. The van der Waals surface area contributed by atoms with Crippen LogP contribution in [0.3, 0.4) is 0 Å². The molecule has 0 aliphatic rings. The van der Waals surface area contributed by atoms with Crippen molar-refractivity contribution in [3.63, 3.8) is 0 Å². The van der Waals surface area contributed by atoms with Crippen molar-refractivity contribution in [1.29, 1.82) is 0 Å². The Labute approximate surface area is 103 Å². The molecule has 1 N–H and O–H groups in total. The maximum Gasteiger partial charge on any atom is 0.323 e. The van der Waals surface area contributed by atoms with Crippen molar-refractivity contribution >= 4 is 21.9 Å². The van der Waals surface area contributed by atoms with Crippen molar-refractivity contribution in [1.82, 2.24) is 15.1 Å². The van der Waals surface area contributed by atoms with Crippen molar-refractivity contribution in [3.05, 3.63) is 16.9 Å². The topological polar surface area (TPSA) is 56.2 Å². The molecule has 0 saturated heterocycles. The summed E-state index contributed by atoms with van der Waals surface area (Å²) in [6.45, 7) is 2.88. The van der Waals surface area contributed by atoms with E-state index in [-0.39, 0.29) is 12.0 Å². The Kier molecular flexibility index (Phi) is 5.48. The van der Waals surface area contributed by atoms with E-state index < -0.39 is 0 Å². The predicted octanol–water partition coefficient (Wildman–Crippen LogP) is 1.19. The number of esters is 1. The highest BCUT2D eigenvalue weighted by Gasteiger charge is 2.17. The highest BCUT2D eigenvalue weighted by Crippen LogP contribution is 2.07. The summed E-state index contributed by atoms with van der Waals surface area (Å²) in [7, 11) is 1.75. The van der Waals surface area contributed by atoms with Gasteiger partial charge >= 0.3 is 5.97 Å². The zero-order valence-electron chi connectivity index (χ0n) is 9.44. The molecule has 0 amide bonds. The number of ether oxygens (including phenoxy) is 1. The largest absolute Gasteiger partial charge is 0.465 e. The third kappa shape index (κ3) is 3.94. The Bertz CT molecular complexity index is 341. The lowest BCUT2D eigenvalue weighted by atomic mass is 10.2. The number of nitrogens with one attached hydrogen (secondary N) is 1. The molecule has 1 heterocycles. The summed E-state index contributed by atoms with van der Waals surface area (Å²) in [6, 6.07) is -0.275. The average Bonchev–Trinajstić information content (AvgIpc) is 2.65. The van der Waals surface area contributed by atoms with Crippen LogP contribution in [0.15, 0.2) is 16.9 Å². The van der Waals surface area contributed by atoms with E-state index in [0.717, 1.165) is 4.47 Å². The SMILES string of the molecule is CCOC(=O)C(CCn1cc(Br)cn1)NC. The van der Waals surface area contributed by atoms with Crippen LogP contribution >= 0.6 is 15.9 Å². The van der Waals surface area contributed by atoms with Crippen LogP contribution in [-0.2, 0) is 16.1 Å². The first-order valence-corrected chi connectivity index (χ1v) is 5.98. The monoisotopic (exact) mass is 289 g/mol. The zero-order valence-corrected chi connectivity index (χ0v) is 11.0. The second-order valence-corrected chi connectivity index (χ2v) is 4.22. The molecule has 16 heavy (non-hydrogen) atoms. The van der Waals surface area contributed by atoms with Crippen molar-refractivity contribution in [3.8, 4) is 0 Å². The number of nitrogens with zero attached hydrogens (tertiary/aromatic N) is 2. The van der Waals surface area contributed by atoms with Gasteiger partial charge in [0.25, 0.3) is 0 Å². The van der Waals surface area contributed by atoms with Crippen LogP contribution in [0.5, 0.6) is 0 Å². The minimum Gasteiger partial charge on any atom is -0.465 e. The molecule has 5 nitrogen and oxygen atoms in total. The van der Waals surface area contributed by atoms with Crippen molar-refractivity contribution < 1.29 is 9.53 Å².